The standard InChI is InChI=1S/C16H32N2O/c1-12(2)16(4,11-17)18-15(19)10-13(3)14-8-6-5-7-9-14/h12-14H,5-11,17H2,1-4H3,(H,18,19). The van der Waals surface area contributed by atoms with Crippen LogP contribution >= 0.6 is 0 Å². The van der Waals surface area contributed by atoms with Crippen molar-refractivity contribution in [1.29, 1.82) is 0 Å². The molecule has 0 aromatic heterocycles. The Bertz CT molecular complexity index is 284. The minimum Gasteiger partial charge on any atom is -0.349 e. The van der Waals surface area contributed by atoms with Crippen LogP contribution < -0.4 is 11.1 Å². The lowest BCUT2D eigenvalue weighted by Crippen LogP contribution is -2.55. The maximum absolute atomic E-state index is 12.2. The fourth-order valence-corrected chi connectivity index (χ4v) is 2.96. The molecule has 1 amide bonds. The van der Waals surface area contributed by atoms with Crippen LogP contribution in [0.5, 0.6) is 0 Å². The van der Waals surface area contributed by atoms with Gasteiger partial charge in [-0.15, -0.1) is 0 Å². The molecule has 2 atom stereocenters. The van der Waals surface area contributed by atoms with Crippen LogP contribution in [-0.2, 0) is 4.79 Å². The van der Waals surface area contributed by atoms with Crippen molar-refractivity contribution in [2.75, 3.05) is 6.54 Å². The normalized spacial score (nSPS) is 22.0. The van der Waals surface area contributed by atoms with Gasteiger partial charge in [0.15, 0.2) is 0 Å². The Morgan fingerprint density at radius 1 is 1.26 bits per heavy atom. The van der Waals surface area contributed by atoms with Gasteiger partial charge in [-0.25, -0.2) is 0 Å². The van der Waals surface area contributed by atoms with Crippen molar-refractivity contribution in [2.45, 2.75) is 71.8 Å². The summed E-state index contributed by atoms with van der Waals surface area (Å²) >= 11 is 0. The van der Waals surface area contributed by atoms with Gasteiger partial charge in [-0.05, 0) is 24.7 Å². The Hall–Kier alpha value is -0.570. The molecule has 1 rings (SSSR count). The monoisotopic (exact) mass is 268 g/mol. The first kappa shape index (κ1) is 16.5. The minimum absolute atomic E-state index is 0.166. The van der Waals surface area contributed by atoms with E-state index in [-0.39, 0.29) is 11.4 Å². The van der Waals surface area contributed by atoms with E-state index in [1.165, 1.54) is 32.1 Å². The summed E-state index contributed by atoms with van der Waals surface area (Å²) in [6.07, 6.45) is 7.28. The maximum atomic E-state index is 12.2. The quantitative estimate of drug-likeness (QED) is 0.778. The third-order valence-electron chi connectivity index (χ3n) is 5.09. The van der Waals surface area contributed by atoms with Gasteiger partial charge in [-0.2, -0.15) is 0 Å². The average molecular weight is 268 g/mol. The Balaban J connectivity index is 2.45. The molecular formula is C16H32N2O. The fourth-order valence-electron chi connectivity index (χ4n) is 2.96. The topological polar surface area (TPSA) is 55.1 Å². The van der Waals surface area contributed by atoms with Crippen molar-refractivity contribution in [3.8, 4) is 0 Å². The molecule has 2 unspecified atom stereocenters. The highest BCUT2D eigenvalue weighted by Crippen LogP contribution is 2.31. The summed E-state index contributed by atoms with van der Waals surface area (Å²) in [6.45, 7) is 8.98. The van der Waals surface area contributed by atoms with Crippen molar-refractivity contribution in [3.05, 3.63) is 0 Å². The molecule has 0 aliphatic heterocycles. The number of carbonyl (C=O) groups is 1. The second kappa shape index (κ2) is 7.28. The maximum Gasteiger partial charge on any atom is 0.220 e. The summed E-state index contributed by atoms with van der Waals surface area (Å²) < 4.78 is 0. The van der Waals surface area contributed by atoms with Crippen molar-refractivity contribution >= 4 is 5.91 Å². The highest BCUT2D eigenvalue weighted by Gasteiger charge is 2.30. The summed E-state index contributed by atoms with van der Waals surface area (Å²) in [4.78, 5) is 12.2. The molecule has 0 saturated heterocycles. The van der Waals surface area contributed by atoms with Gasteiger partial charge in [0.05, 0.1) is 5.54 Å². The molecule has 0 aromatic carbocycles. The number of carbonyl (C=O) groups excluding carboxylic acids is 1. The van der Waals surface area contributed by atoms with E-state index in [4.69, 9.17) is 5.73 Å². The summed E-state index contributed by atoms with van der Waals surface area (Å²) in [5.41, 5.74) is 5.54. The molecule has 112 valence electrons. The number of amides is 1. The predicted molar refractivity (Wildman–Crippen MR) is 80.8 cm³/mol. The number of hydrogen-bond acceptors (Lipinski definition) is 2. The molecule has 3 nitrogen and oxygen atoms in total. The first-order chi connectivity index (χ1) is 8.89. The fraction of sp³-hybridized carbons (Fsp3) is 0.938. The molecule has 3 N–H and O–H groups in total. The SMILES string of the molecule is CC(CC(=O)NC(C)(CN)C(C)C)C1CCCCC1. The number of rotatable bonds is 6. The number of nitrogens with two attached hydrogens (primary N) is 1. The minimum atomic E-state index is -0.274. The van der Waals surface area contributed by atoms with Gasteiger partial charge in [0.25, 0.3) is 0 Å². The van der Waals surface area contributed by atoms with Crippen LogP contribution in [0.25, 0.3) is 0 Å². The van der Waals surface area contributed by atoms with Gasteiger partial charge in [0, 0.05) is 13.0 Å². The van der Waals surface area contributed by atoms with Gasteiger partial charge in [-0.3, -0.25) is 4.79 Å². The zero-order chi connectivity index (χ0) is 14.5. The molecule has 1 aliphatic rings. The van der Waals surface area contributed by atoms with Gasteiger partial charge in [-0.1, -0.05) is 52.9 Å². The van der Waals surface area contributed by atoms with Crippen molar-refractivity contribution in [2.24, 2.45) is 23.5 Å². The van der Waals surface area contributed by atoms with E-state index in [0.29, 0.717) is 24.8 Å². The first-order valence-corrected chi connectivity index (χ1v) is 7.90. The van der Waals surface area contributed by atoms with Gasteiger partial charge in [0.1, 0.15) is 0 Å². The molecule has 0 bridgehead atoms. The molecule has 19 heavy (non-hydrogen) atoms. The average Bonchev–Trinajstić information content (AvgIpc) is 2.39. The van der Waals surface area contributed by atoms with Gasteiger partial charge >= 0.3 is 0 Å². The van der Waals surface area contributed by atoms with Crippen molar-refractivity contribution in [3.63, 3.8) is 0 Å². The first-order valence-electron chi connectivity index (χ1n) is 7.90. The second-order valence-electron chi connectivity index (χ2n) is 6.90. The molecule has 1 aliphatic carbocycles. The summed E-state index contributed by atoms with van der Waals surface area (Å²) in [5, 5.41) is 3.15. The van der Waals surface area contributed by atoms with Gasteiger partial charge in [0.2, 0.25) is 5.91 Å². The highest BCUT2D eigenvalue weighted by atomic mass is 16.1. The third-order valence-corrected chi connectivity index (χ3v) is 5.09. The van der Waals surface area contributed by atoms with E-state index in [1.54, 1.807) is 0 Å². The van der Waals surface area contributed by atoms with E-state index < -0.39 is 0 Å². The smallest absolute Gasteiger partial charge is 0.220 e. The Labute approximate surface area is 118 Å². The summed E-state index contributed by atoms with van der Waals surface area (Å²) in [7, 11) is 0. The molecule has 0 heterocycles. The molecule has 0 spiro atoms. The summed E-state index contributed by atoms with van der Waals surface area (Å²) in [6, 6.07) is 0. The van der Waals surface area contributed by atoms with Crippen LogP contribution in [0.3, 0.4) is 0 Å². The number of hydrogen-bond donors (Lipinski definition) is 2. The molecule has 1 saturated carbocycles. The largest absolute Gasteiger partial charge is 0.349 e. The van der Waals surface area contributed by atoms with E-state index in [0.717, 1.165) is 5.92 Å². The van der Waals surface area contributed by atoms with Crippen LogP contribution in [-0.4, -0.2) is 18.0 Å². The predicted octanol–water partition coefficient (Wildman–Crippen LogP) is 3.08. The lowest BCUT2D eigenvalue weighted by Gasteiger charge is -2.35. The van der Waals surface area contributed by atoms with Crippen LogP contribution in [0.15, 0.2) is 0 Å². The van der Waals surface area contributed by atoms with Crippen molar-refractivity contribution in [1.82, 2.24) is 5.32 Å². The van der Waals surface area contributed by atoms with Crippen LogP contribution in [0, 0.1) is 17.8 Å². The molecule has 3 heteroatoms. The van der Waals surface area contributed by atoms with E-state index >= 15 is 0 Å². The summed E-state index contributed by atoms with van der Waals surface area (Å²) in [5.74, 6) is 1.75. The van der Waals surface area contributed by atoms with E-state index in [9.17, 15) is 4.79 Å². The third kappa shape index (κ3) is 4.79. The molecule has 0 aromatic rings. The molecular weight excluding hydrogens is 236 g/mol. The Morgan fingerprint density at radius 3 is 2.32 bits per heavy atom. The Kier molecular flexibility index (Phi) is 6.31. The zero-order valence-electron chi connectivity index (χ0n) is 13.2. The zero-order valence-corrected chi connectivity index (χ0v) is 13.2. The number of nitrogens with one attached hydrogen (secondary N) is 1. The lowest BCUT2D eigenvalue weighted by atomic mass is 9.79. The lowest BCUT2D eigenvalue weighted by molar-refractivity contribution is -0.124. The molecule has 0 radical (unpaired) electrons. The van der Waals surface area contributed by atoms with Crippen molar-refractivity contribution < 1.29 is 4.79 Å². The van der Waals surface area contributed by atoms with E-state index in [1.807, 2.05) is 6.92 Å². The van der Waals surface area contributed by atoms with Crippen LogP contribution in [0.1, 0.15) is 66.2 Å². The van der Waals surface area contributed by atoms with Crippen LogP contribution in [0.2, 0.25) is 0 Å². The molecule has 1 fully saturated rings. The second-order valence-corrected chi connectivity index (χ2v) is 6.90. The Morgan fingerprint density at radius 2 is 1.84 bits per heavy atom. The van der Waals surface area contributed by atoms with Crippen LogP contribution in [0.4, 0.5) is 0 Å². The van der Waals surface area contributed by atoms with Gasteiger partial charge < -0.3 is 11.1 Å². The highest BCUT2D eigenvalue weighted by molar-refractivity contribution is 5.77. The van der Waals surface area contributed by atoms with E-state index in [2.05, 4.69) is 26.1 Å².